The van der Waals surface area contributed by atoms with Crippen LogP contribution in [0.2, 0.25) is 0 Å². The quantitative estimate of drug-likeness (QED) is 0.402. The molecule has 1 aliphatic rings. The second-order valence-corrected chi connectivity index (χ2v) is 8.11. The molecule has 3 aromatic carbocycles. The average molecular weight is 456 g/mol. The Labute approximate surface area is 197 Å². The number of hydrogen-bond acceptors (Lipinski definition) is 4. The SMILES string of the molecule is O=C(NCc1ccccc1)[C@H]1C(=O)C(=O)N(Cc2ccccc2)[C@@H]1C(=O)NCc1ccccc1. The standard InChI is InChI=1S/C27H25N3O4/c31-24-22(25(32)28-16-19-10-4-1-5-11-19)23(26(33)29-17-20-12-6-2-7-13-20)30(27(24)34)18-21-14-8-3-9-15-21/h1-15,22-23H,16-18H2,(H,28,32)(H,29,33)/t22-,23+/m1/s1. The lowest BCUT2D eigenvalue weighted by molar-refractivity contribution is -0.142. The van der Waals surface area contributed by atoms with Gasteiger partial charge in [-0.3, -0.25) is 19.2 Å². The van der Waals surface area contributed by atoms with Crippen molar-refractivity contribution < 1.29 is 19.2 Å². The highest BCUT2D eigenvalue weighted by Crippen LogP contribution is 2.26. The van der Waals surface area contributed by atoms with Crippen molar-refractivity contribution in [3.63, 3.8) is 0 Å². The topological polar surface area (TPSA) is 95.6 Å². The van der Waals surface area contributed by atoms with Crippen LogP contribution in [0.1, 0.15) is 16.7 Å². The van der Waals surface area contributed by atoms with E-state index in [-0.39, 0.29) is 19.6 Å². The number of nitrogens with zero attached hydrogens (tertiary/aromatic N) is 1. The molecule has 0 saturated carbocycles. The fourth-order valence-corrected chi connectivity index (χ4v) is 4.01. The molecule has 1 fully saturated rings. The third kappa shape index (κ3) is 5.20. The molecular weight excluding hydrogens is 430 g/mol. The van der Waals surface area contributed by atoms with Crippen LogP contribution in [-0.4, -0.2) is 34.4 Å². The van der Waals surface area contributed by atoms with Crippen LogP contribution in [0.25, 0.3) is 0 Å². The summed E-state index contributed by atoms with van der Waals surface area (Å²) in [5.41, 5.74) is 2.47. The highest BCUT2D eigenvalue weighted by molar-refractivity contribution is 6.44. The fourth-order valence-electron chi connectivity index (χ4n) is 4.01. The van der Waals surface area contributed by atoms with E-state index < -0.39 is 35.5 Å². The van der Waals surface area contributed by atoms with Gasteiger partial charge in [0.1, 0.15) is 12.0 Å². The molecule has 0 unspecified atom stereocenters. The van der Waals surface area contributed by atoms with Gasteiger partial charge in [0, 0.05) is 19.6 Å². The van der Waals surface area contributed by atoms with Crippen LogP contribution >= 0.6 is 0 Å². The van der Waals surface area contributed by atoms with Gasteiger partial charge in [-0.2, -0.15) is 0 Å². The van der Waals surface area contributed by atoms with Gasteiger partial charge in [0.25, 0.3) is 5.91 Å². The maximum Gasteiger partial charge on any atom is 0.291 e. The predicted octanol–water partition coefficient (Wildman–Crippen LogP) is 2.22. The monoisotopic (exact) mass is 455 g/mol. The normalized spacial score (nSPS) is 17.5. The maximum atomic E-state index is 13.3. The molecule has 7 heteroatoms. The van der Waals surface area contributed by atoms with Gasteiger partial charge in [0.15, 0.2) is 0 Å². The number of carbonyl (C=O) groups is 4. The molecule has 4 rings (SSSR count). The summed E-state index contributed by atoms with van der Waals surface area (Å²) in [4.78, 5) is 53.4. The van der Waals surface area contributed by atoms with Gasteiger partial charge in [0.05, 0.1) is 0 Å². The molecule has 1 heterocycles. The molecule has 2 atom stereocenters. The Hall–Kier alpha value is -4.26. The maximum absolute atomic E-state index is 13.3. The Balaban J connectivity index is 1.56. The number of benzene rings is 3. The van der Waals surface area contributed by atoms with Crippen molar-refractivity contribution >= 4 is 23.5 Å². The number of rotatable bonds is 8. The minimum atomic E-state index is -1.42. The highest BCUT2D eigenvalue weighted by Gasteiger charge is 2.54. The lowest BCUT2D eigenvalue weighted by Gasteiger charge is -2.26. The first-order valence-electron chi connectivity index (χ1n) is 11.1. The number of Topliss-reactive ketones (excluding diaryl/α,β-unsaturated/α-hetero) is 1. The van der Waals surface area contributed by atoms with E-state index in [0.29, 0.717) is 0 Å². The number of nitrogens with one attached hydrogen (secondary N) is 2. The van der Waals surface area contributed by atoms with E-state index in [2.05, 4.69) is 10.6 Å². The molecule has 3 amide bonds. The van der Waals surface area contributed by atoms with E-state index >= 15 is 0 Å². The first-order chi connectivity index (χ1) is 16.5. The molecule has 0 aromatic heterocycles. The first kappa shape index (κ1) is 22.9. The van der Waals surface area contributed by atoms with Crippen LogP contribution in [0.5, 0.6) is 0 Å². The molecule has 172 valence electrons. The predicted molar refractivity (Wildman–Crippen MR) is 126 cm³/mol. The molecule has 34 heavy (non-hydrogen) atoms. The molecule has 0 spiro atoms. The number of ketones is 1. The number of hydrogen-bond donors (Lipinski definition) is 2. The fraction of sp³-hybridized carbons (Fsp3) is 0.185. The van der Waals surface area contributed by atoms with E-state index in [1.807, 2.05) is 78.9 Å². The van der Waals surface area contributed by atoms with Crippen LogP contribution in [0.3, 0.4) is 0 Å². The van der Waals surface area contributed by atoms with Gasteiger partial charge in [-0.1, -0.05) is 91.0 Å². The Bertz CT molecular complexity index is 1170. The van der Waals surface area contributed by atoms with Crippen molar-refractivity contribution in [2.45, 2.75) is 25.7 Å². The lowest BCUT2D eigenvalue weighted by Crippen LogP contribution is -2.50. The zero-order valence-corrected chi connectivity index (χ0v) is 18.5. The summed E-state index contributed by atoms with van der Waals surface area (Å²) < 4.78 is 0. The molecule has 0 radical (unpaired) electrons. The minimum Gasteiger partial charge on any atom is -0.351 e. The summed E-state index contributed by atoms with van der Waals surface area (Å²) in [6.45, 7) is 0.460. The minimum absolute atomic E-state index is 0.0529. The Kier molecular flexibility index (Phi) is 7.13. The smallest absolute Gasteiger partial charge is 0.291 e. The summed E-state index contributed by atoms with van der Waals surface area (Å²) in [5.74, 6) is -4.31. The second kappa shape index (κ2) is 10.6. The molecule has 1 aliphatic heterocycles. The van der Waals surface area contributed by atoms with Crippen molar-refractivity contribution in [3.05, 3.63) is 108 Å². The van der Waals surface area contributed by atoms with Crippen LogP contribution < -0.4 is 10.6 Å². The van der Waals surface area contributed by atoms with Gasteiger partial charge in [-0.15, -0.1) is 0 Å². The Morgan fingerprint density at radius 2 is 1.09 bits per heavy atom. The Morgan fingerprint density at radius 3 is 1.59 bits per heavy atom. The average Bonchev–Trinajstić information content (AvgIpc) is 3.13. The third-order valence-corrected chi connectivity index (χ3v) is 5.77. The number of likely N-dealkylation sites (tertiary alicyclic amines) is 1. The molecular formula is C27H25N3O4. The second-order valence-electron chi connectivity index (χ2n) is 8.11. The molecule has 3 aromatic rings. The third-order valence-electron chi connectivity index (χ3n) is 5.77. The van der Waals surface area contributed by atoms with Crippen LogP contribution in [0, 0.1) is 5.92 Å². The lowest BCUT2D eigenvalue weighted by atomic mass is 9.96. The Morgan fingerprint density at radius 1 is 0.647 bits per heavy atom. The summed E-state index contributed by atoms with van der Waals surface area (Å²) in [6.07, 6.45) is 0. The highest BCUT2D eigenvalue weighted by atomic mass is 16.2. The molecule has 0 aliphatic carbocycles. The van der Waals surface area contributed by atoms with Gasteiger partial charge >= 0.3 is 0 Å². The molecule has 2 N–H and O–H groups in total. The van der Waals surface area contributed by atoms with E-state index in [0.717, 1.165) is 16.7 Å². The summed E-state index contributed by atoms with van der Waals surface area (Å²) >= 11 is 0. The van der Waals surface area contributed by atoms with E-state index in [4.69, 9.17) is 0 Å². The van der Waals surface area contributed by atoms with Gasteiger partial charge in [0.2, 0.25) is 17.6 Å². The summed E-state index contributed by atoms with van der Waals surface area (Å²) in [6, 6.07) is 26.3. The largest absolute Gasteiger partial charge is 0.351 e. The molecule has 0 bridgehead atoms. The van der Waals surface area contributed by atoms with E-state index in [9.17, 15) is 19.2 Å². The molecule has 7 nitrogen and oxygen atoms in total. The van der Waals surface area contributed by atoms with E-state index in [1.165, 1.54) is 4.90 Å². The van der Waals surface area contributed by atoms with Crippen molar-refractivity contribution in [1.29, 1.82) is 0 Å². The zero-order valence-electron chi connectivity index (χ0n) is 18.5. The van der Waals surface area contributed by atoms with Gasteiger partial charge in [-0.25, -0.2) is 0 Å². The van der Waals surface area contributed by atoms with Crippen LogP contribution in [0.4, 0.5) is 0 Å². The zero-order chi connectivity index (χ0) is 23.9. The van der Waals surface area contributed by atoms with Crippen molar-refractivity contribution in [1.82, 2.24) is 15.5 Å². The number of amides is 3. The molecule has 1 saturated heterocycles. The summed E-state index contributed by atoms with van der Waals surface area (Å²) in [7, 11) is 0. The van der Waals surface area contributed by atoms with Crippen molar-refractivity contribution in [2.75, 3.05) is 0 Å². The van der Waals surface area contributed by atoms with Gasteiger partial charge in [-0.05, 0) is 16.7 Å². The number of carbonyl (C=O) groups excluding carboxylic acids is 4. The first-order valence-corrected chi connectivity index (χ1v) is 11.1. The van der Waals surface area contributed by atoms with E-state index in [1.54, 1.807) is 12.1 Å². The summed E-state index contributed by atoms with van der Waals surface area (Å²) in [5, 5.41) is 5.51. The van der Waals surface area contributed by atoms with Crippen molar-refractivity contribution in [3.8, 4) is 0 Å². The van der Waals surface area contributed by atoms with Crippen LogP contribution in [-0.2, 0) is 38.8 Å². The van der Waals surface area contributed by atoms with Crippen molar-refractivity contribution in [2.24, 2.45) is 5.92 Å². The van der Waals surface area contributed by atoms with Gasteiger partial charge < -0.3 is 15.5 Å². The van der Waals surface area contributed by atoms with Crippen LogP contribution in [0.15, 0.2) is 91.0 Å².